The Morgan fingerprint density at radius 1 is 1.43 bits per heavy atom. The van der Waals surface area contributed by atoms with E-state index in [1.54, 1.807) is 0 Å². The Balaban J connectivity index is 2.86. The lowest BCUT2D eigenvalue weighted by molar-refractivity contribution is 0.767. The standard InChI is InChI=1S/C12H14N2/c1-8(2)12-10-7-9(3)5-6-11(10)13-14(12)4/h5-7H,1H2,2-4H3. The lowest BCUT2D eigenvalue weighted by atomic mass is 10.1. The molecular weight excluding hydrogens is 172 g/mol. The fourth-order valence-electron chi connectivity index (χ4n) is 1.82. The summed E-state index contributed by atoms with van der Waals surface area (Å²) in [7, 11) is 1.96. The van der Waals surface area contributed by atoms with Crippen molar-refractivity contribution in [1.29, 1.82) is 0 Å². The van der Waals surface area contributed by atoms with E-state index in [1.807, 2.05) is 18.7 Å². The Hall–Kier alpha value is -1.57. The SMILES string of the molecule is C=C(C)c1c2cc(C)ccc2nn1C. The van der Waals surface area contributed by atoms with Gasteiger partial charge in [0, 0.05) is 12.4 Å². The highest BCUT2D eigenvalue weighted by atomic mass is 15.3. The van der Waals surface area contributed by atoms with Gasteiger partial charge in [-0.25, -0.2) is 0 Å². The Bertz CT molecular complexity index is 506. The van der Waals surface area contributed by atoms with Gasteiger partial charge in [0.05, 0.1) is 11.2 Å². The lowest BCUT2D eigenvalue weighted by Gasteiger charge is -2.00. The summed E-state index contributed by atoms with van der Waals surface area (Å²) in [5.74, 6) is 0. The monoisotopic (exact) mass is 186 g/mol. The molecule has 1 aromatic heterocycles. The molecule has 0 aliphatic heterocycles. The second-order valence-electron chi connectivity index (χ2n) is 3.77. The Morgan fingerprint density at radius 3 is 2.79 bits per heavy atom. The van der Waals surface area contributed by atoms with Crippen molar-refractivity contribution in [3.05, 3.63) is 36.0 Å². The summed E-state index contributed by atoms with van der Waals surface area (Å²) in [6, 6.07) is 6.29. The largest absolute Gasteiger partial charge is 0.267 e. The first-order valence-electron chi connectivity index (χ1n) is 4.69. The summed E-state index contributed by atoms with van der Waals surface area (Å²) < 4.78 is 1.90. The molecule has 0 fully saturated rings. The van der Waals surface area contributed by atoms with Gasteiger partial charge in [-0.1, -0.05) is 18.2 Å². The Kier molecular flexibility index (Phi) is 1.92. The number of hydrogen-bond donors (Lipinski definition) is 0. The van der Waals surface area contributed by atoms with E-state index < -0.39 is 0 Å². The van der Waals surface area contributed by atoms with Gasteiger partial charge in [-0.05, 0) is 31.6 Å². The molecule has 1 heterocycles. The van der Waals surface area contributed by atoms with E-state index >= 15 is 0 Å². The van der Waals surface area contributed by atoms with Crippen LogP contribution in [0.15, 0.2) is 24.8 Å². The fraction of sp³-hybridized carbons (Fsp3) is 0.250. The highest BCUT2D eigenvalue weighted by Gasteiger charge is 2.08. The van der Waals surface area contributed by atoms with Crippen LogP contribution in [-0.4, -0.2) is 9.78 Å². The molecule has 0 atom stereocenters. The van der Waals surface area contributed by atoms with Crippen LogP contribution in [0, 0.1) is 6.92 Å². The van der Waals surface area contributed by atoms with Crippen LogP contribution in [0.4, 0.5) is 0 Å². The van der Waals surface area contributed by atoms with Gasteiger partial charge in [-0.15, -0.1) is 0 Å². The molecule has 2 rings (SSSR count). The molecule has 72 valence electrons. The molecule has 0 bridgehead atoms. The third kappa shape index (κ3) is 1.23. The topological polar surface area (TPSA) is 17.8 Å². The van der Waals surface area contributed by atoms with Gasteiger partial charge in [0.1, 0.15) is 0 Å². The molecule has 0 radical (unpaired) electrons. The van der Waals surface area contributed by atoms with Crippen molar-refractivity contribution in [2.24, 2.45) is 7.05 Å². The molecule has 1 aromatic carbocycles. The van der Waals surface area contributed by atoms with E-state index in [0.29, 0.717) is 0 Å². The Morgan fingerprint density at radius 2 is 2.14 bits per heavy atom. The van der Waals surface area contributed by atoms with E-state index in [1.165, 1.54) is 10.9 Å². The average Bonchev–Trinajstić information content (AvgIpc) is 2.40. The van der Waals surface area contributed by atoms with Crippen molar-refractivity contribution in [3.8, 4) is 0 Å². The van der Waals surface area contributed by atoms with Crippen LogP contribution < -0.4 is 0 Å². The van der Waals surface area contributed by atoms with E-state index in [4.69, 9.17) is 0 Å². The number of nitrogens with zero attached hydrogens (tertiary/aromatic N) is 2. The van der Waals surface area contributed by atoms with Crippen molar-refractivity contribution < 1.29 is 0 Å². The predicted molar refractivity (Wildman–Crippen MR) is 60.2 cm³/mol. The van der Waals surface area contributed by atoms with Crippen LogP contribution >= 0.6 is 0 Å². The van der Waals surface area contributed by atoms with Gasteiger partial charge >= 0.3 is 0 Å². The smallest absolute Gasteiger partial charge is 0.0929 e. The first-order valence-corrected chi connectivity index (χ1v) is 4.69. The maximum absolute atomic E-state index is 4.43. The van der Waals surface area contributed by atoms with E-state index in [2.05, 4.69) is 36.8 Å². The molecule has 2 aromatic rings. The second kappa shape index (κ2) is 2.98. The first kappa shape index (κ1) is 9.00. The normalized spacial score (nSPS) is 10.8. The van der Waals surface area contributed by atoms with Gasteiger partial charge in [0.25, 0.3) is 0 Å². The second-order valence-corrected chi connectivity index (χ2v) is 3.77. The maximum atomic E-state index is 4.43. The van der Waals surface area contributed by atoms with Crippen molar-refractivity contribution in [1.82, 2.24) is 9.78 Å². The van der Waals surface area contributed by atoms with Crippen LogP contribution in [-0.2, 0) is 7.05 Å². The molecule has 0 amide bonds. The summed E-state index contributed by atoms with van der Waals surface area (Å²) in [4.78, 5) is 0. The lowest BCUT2D eigenvalue weighted by Crippen LogP contribution is -1.94. The molecule has 0 spiro atoms. The number of aromatic nitrogens is 2. The number of aryl methyl sites for hydroxylation is 2. The Labute approximate surface area is 83.9 Å². The van der Waals surface area contributed by atoms with Crippen LogP contribution in [0.3, 0.4) is 0 Å². The third-order valence-corrected chi connectivity index (χ3v) is 2.39. The summed E-state index contributed by atoms with van der Waals surface area (Å²) in [5, 5.41) is 5.63. The maximum Gasteiger partial charge on any atom is 0.0929 e. The number of allylic oxidation sites excluding steroid dienone is 1. The molecule has 0 saturated heterocycles. The molecule has 14 heavy (non-hydrogen) atoms. The summed E-state index contributed by atoms with van der Waals surface area (Å²) >= 11 is 0. The predicted octanol–water partition coefficient (Wildman–Crippen LogP) is 2.91. The number of hydrogen-bond acceptors (Lipinski definition) is 1. The van der Waals surface area contributed by atoms with Gasteiger partial charge in [-0.2, -0.15) is 5.10 Å². The zero-order valence-electron chi connectivity index (χ0n) is 8.83. The molecular formula is C12H14N2. The molecule has 0 saturated carbocycles. The summed E-state index contributed by atoms with van der Waals surface area (Å²) in [5.41, 5.74) is 4.48. The molecule has 0 N–H and O–H groups in total. The van der Waals surface area contributed by atoms with Gasteiger partial charge < -0.3 is 0 Å². The highest BCUT2D eigenvalue weighted by Crippen LogP contribution is 2.23. The highest BCUT2D eigenvalue weighted by molar-refractivity contribution is 5.90. The summed E-state index contributed by atoms with van der Waals surface area (Å²) in [6.07, 6.45) is 0. The van der Waals surface area contributed by atoms with Crippen molar-refractivity contribution in [2.75, 3.05) is 0 Å². The van der Waals surface area contributed by atoms with Crippen LogP contribution in [0.2, 0.25) is 0 Å². The molecule has 2 nitrogen and oxygen atoms in total. The van der Waals surface area contributed by atoms with Gasteiger partial charge in [0.15, 0.2) is 0 Å². The molecule has 0 unspecified atom stereocenters. The average molecular weight is 186 g/mol. The quantitative estimate of drug-likeness (QED) is 0.669. The minimum atomic E-state index is 1.04. The van der Waals surface area contributed by atoms with Crippen LogP contribution in [0.25, 0.3) is 16.5 Å². The fourth-order valence-corrected chi connectivity index (χ4v) is 1.82. The molecule has 0 aliphatic carbocycles. The zero-order valence-corrected chi connectivity index (χ0v) is 8.83. The molecule has 0 aliphatic rings. The number of benzene rings is 1. The van der Waals surface area contributed by atoms with Crippen molar-refractivity contribution in [3.63, 3.8) is 0 Å². The van der Waals surface area contributed by atoms with E-state index in [9.17, 15) is 0 Å². The molecule has 2 heteroatoms. The number of rotatable bonds is 1. The summed E-state index contributed by atoms with van der Waals surface area (Å²) in [6.45, 7) is 8.08. The zero-order chi connectivity index (χ0) is 10.3. The van der Waals surface area contributed by atoms with Crippen molar-refractivity contribution >= 4 is 16.5 Å². The third-order valence-electron chi connectivity index (χ3n) is 2.39. The minimum absolute atomic E-state index is 1.04. The minimum Gasteiger partial charge on any atom is -0.267 e. The van der Waals surface area contributed by atoms with E-state index in [-0.39, 0.29) is 0 Å². The number of fused-ring (bicyclic) bond motifs is 1. The van der Waals surface area contributed by atoms with Crippen LogP contribution in [0.1, 0.15) is 18.2 Å². The first-order chi connectivity index (χ1) is 6.59. The van der Waals surface area contributed by atoms with Crippen LogP contribution in [0.5, 0.6) is 0 Å². The van der Waals surface area contributed by atoms with Gasteiger partial charge in [0.2, 0.25) is 0 Å². The van der Waals surface area contributed by atoms with Crippen molar-refractivity contribution in [2.45, 2.75) is 13.8 Å². The van der Waals surface area contributed by atoms with Gasteiger partial charge in [-0.3, -0.25) is 4.68 Å². The van der Waals surface area contributed by atoms with E-state index in [0.717, 1.165) is 16.8 Å².